The number of hydrogen-bond acceptors (Lipinski definition) is 4. The molecule has 0 spiro atoms. The van der Waals surface area contributed by atoms with E-state index in [4.69, 9.17) is 0 Å². The maximum atomic E-state index is 13.4. The van der Waals surface area contributed by atoms with Crippen LogP contribution in [0.3, 0.4) is 0 Å². The van der Waals surface area contributed by atoms with Crippen molar-refractivity contribution in [2.24, 2.45) is 0 Å². The number of Topliss-reactive ketones (excluding diaryl/α,β-unsaturated/α-hetero) is 1. The number of allylic oxidation sites excluding steroid dienone is 1. The molecule has 1 heterocycles. The molecule has 6 heteroatoms. The van der Waals surface area contributed by atoms with Gasteiger partial charge in [-0.2, -0.15) is 0 Å². The van der Waals surface area contributed by atoms with Gasteiger partial charge < -0.3 is 0 Å². The normalized spacial score (nSPS) is 18.2. The maximum absolute atomic E-state index is 13.4. The van der Waals surface area contributed by atoms with Crippen molar-refractivity contribution in [3.05, 3.63) is 71.4 Å². The van der Waals surface area contributed by atoms with Crippen LogP contribution in [0, 0.1) is 6.92 Å². The van der Waals surface area contributed by atoms with Crippen LogP contribution in [0.5, 0.6) is 0 Å². The lowest BCUT2D eigenvalue weighted by atomic mass is 9.97. The molecule has 1 aliphatic rings. The SMILES string of the molecule is CCCC/C=C1\C(S(=O)(=O)c2ccc(C)cc2)C(=O)c2ccccc2N1C=O. The molecule has 1 unspecified atom stereocenters. The number of anilines is 1. The molecular formula is C22H23NO4S. The Morgan fingerprint density at radius 3 is 2.39 bits per heavy atom. The molecule has 0 bridgehead atoms. The summed E-state index contributed by atoms with van der Waals surface area (Å²) in [4.78, 5) is 26.5. The lowest BCUT2D eigenvalue weighted by Crippen LogP contribution is -2.44. The van der Waals surface area contributed by atoms with Crippen molar-refractivity contribution in [1.82, 2.24) is 0 Å². The van der Waals surface area contributed by atoms with Crippen LogP contribution in [0.15, 0.2) is 65.2 Å². The molecule has 1 aliphatic heterocycles. The first-order valence-corrected chi connectivity index (χ1v) is 10.8. The predicted octanol–water partition coefficient (Wildman–Crippen LogP) is 4.07. The zero-order valence-electron chi connectivity index (χ0n) is 16.0. The summed E-state index contributed by atoms with van der Waals surface area (Å²) in [5, 5.41) is -1.44. The number of fused-ring (bicyclic) bond motifs is 1. The van der Waals surface area contributed by atoms with Crippen LogP contribution in [0.1, 0.15) is 42.1 Å². The van der Waals surface area contributed by atoms with Gasteiger partial charge in [-0.25, -0.2) is 8.42 Å². The minimum Gasteiger partial charge on any atom is -0.292 e. The largest absolute Gasteiger partial charge is 0.292 e. The molecule has 0 saturated heterocycles. The van der Waals surface area contributed by atoms with Crippen LogP contribution in [-0.4, -0.2) is 25.9 Å². The minimum absolute atomic E-state index is 0.0723. The van der Waals surface area contributed by atoms with E-state index in [1.165, 1.54) is 17.0 Å². The summed E-state index contributed by atoms with van der Waals surface area (Å²) in [5.41, 5.74) is 1.80. The number of carbonyl (C=O) groups is 2. The quantitative estimate of drug-likeness (QED) is 0.544. The molecule has 0 aromatic heterocycles. The Morgan fingerprint density at radius 1 is 1.07 bits per heavy atom. The van der Waals surface area contributed by atoms with E-state index in [1.807, 2.05) is 13.8 Å². The first-order valence-electron chi connectivity index (χ1n) is 9.30. The molecule has 2 aromatic carbocycles. The summed E-state index contributed by atoms with van der Waals surface area (Å²) in [6.07, 6.45) is 4.64. The molecule has 2 aromatic rings. The summed E-state index contributed by atoms with van der Waals surface area (Å²) < 4.78 is 26.8. The highest BCUT2D eigenvalue weighted by atomic mass is 32.2. The predicted molar refractivity (Wildman–Crippen MR) is 109 cm³/mol. The van der Waals surface area contributed by atoms with Crippen molar-refractivity contribution in [3.8, 4) is 0 Å². The molecule has 146 valence electrons. The fourth-order valence-corrected chi connectivity index (χ4v) is 5.10. The zero-order valence-corrected chi connectivity index (χ0v) is 16.8. The number of ketones is 1. The van der Waals surface area contributed by atoms with Gasteiger partial charge in [0, 0.05) is 11.3 Å². The van der Waals surface area contributed by atoms with Crippen molar-refractivity contribution < 1.29 is 18.0 Å². The van der Waals surface area contributed by atoms with Gasteiger partial charge >= 0.3 is 0 Å². The van der Waals surface area contributed by atoms with E-state index in [0.717, 1.165) is 18.4 Å². The van der Waals surface area contributed by atoms with Gasteiger partial charge in [0.15, 0.2) is 20.9 Å². The third-order valence-corrected chi connectivity index (χ3v) is 6.90. The number of para-hydroxylation sites is 1. The van der Waals surface area contributed by atoms with Gasteiger partial charge in [0.1, 0.15) is 0 Å². The summed E-state index contributed by atoms with van der Waals surface area (Å²) in [6, 6.07) is 13.0. The second-order valence-corrected chi connectivity index (χ2v) is 8.90. The van der Waals surface area contributed by atoms with Crippen LogP contribution >= 0.6 is 0 Å². The fraction of sp³-hybridized carbons (Fsp3) is 0.273. The van der Waals surface area contributed by atoms with E-state index >= 15 is 0 Å². The number of sulfone groups is 1. The topological polar surface area (TPSA) is 71.5 Å². The Hall–Kier alpha value is -2.73. The van der Waals surface area contributed by atoms with Crippen LogP contribution < -0.4 is 4.90 Å². The van der Waals surface area contributed by atoms with E-state index < -0.39 is 20.9 Å². The van der Waals surface area contributed by atoms with Gasteiger partial charge in [0.05, 0.1) is 10.6 Å². The Bertz CT molecular complexity index is 1020. The van der Waals surface area contributed by atoms with Crippen molar-refractivity contribution >= 4 is 27.7 Å². The molecule has 28 heavy (non-hydrogen) atoms. The van der Waals surface area contributed by atoms with Gasteiger partial charge in [0.2, 0.25) is 6.41 Å². The average molecular weight is 397 g/mol. The molecule has 0 aliphatic carbocycles. The van der Waals surface area contributed by atoms with Gasteiger partial charge in [-0.1, -0.05) is 55.7 Å². The highest BCUT2D eigenvalue weighted by Crippen LogP contribution is 2.37. The van der Waals surface area contributed by atoms with Crippen molar-refractivity contribution in [2.75, 3.05) is 4.90 Å². The monoisotopic (exact) mass is 397 g/mol. The second-order valence-electron chi connectivity index (χ2n) is 6.87. The minimum atomic E-state index is -4.02. The van der Waals surface area contributed by atoms with E-state index in [9.17, 15) is 18.0 Å². The molecule has 3 rings (SSSR count). The van der Waals surface area contributed by atoms with E-state index in [-0.39, 0.29) is 16.2 Å². The van der Waals surface area contributed by atoms with Crippen LogP contribution in [0.25, 0.3) is 0 Å². The molecule has 0 fully saturated rings. The molecule has 0 N–H and O–H groups in total. The van der Waals surface area contributed by atoms with Crippen LogP contribution in [-0.2, 0) is 14.6 Å². The summed E-state index contributed by atoms with van der Waals surface area (Å²) in [6.45, 7) is 3.89. The Balaban J connectivity index is 2.20. The number of amides is 1. The Kier molecular flexibility index (Phi) is 5.79. The van der Waals surface area contributed by atoms with Crippen molar-refractivity contribution in [1.29, 1.82) is 0 Å². The molecule has 5 nitrogen and oxygen atoms in total. The van der Waals surface area contributed by atoms with Crippen LogP contribution in [0.4, 0.5) is 5.69 Å². The van der Waals surface area contributed by atoms with Gasteiger partial charge in [0.25, 0.3) is 0 Å². The van der Waals surface area contributed by atoms with Crippen molar-refractivity contribution in [3.63, 3.8) is 0 Å². The molecule has 0 radical (unpaired) electrons. The maximum Gasteiger partial charge on any atom is 0.218 e. The molecule has 0 saturated carbocycles. The van der Waals surface area contributed by atoms with Crippen LogP contribution in [0.2, 0.25) is 0 Å². The first-order chi connectivity index (χ1) is 13.4. The number of hydrogen-bond donors (Lipinski definition) is 0. The van der Waals surface area contributed by atoms with Crippen molar-refractivity contribution in [2.45, 2.75) is 43.3 Å². The van der Waals surface area contributed by atoms with E-state index in [2.05, 4.69) is 0 Å². The zero-order chi connectivity index (χ0) is 20.3. The number of benzene rings is 2. The number of nitrogens with zero attached hydrogens (tertiary/aromatic N) is 1. The highest BCUT2D eigenvalue weighted by molar-refractivity contribution is 7.93. The smallest absolute Gasteiger partial charge is 0.218 e. The lowest BCUT2D eigenvalue weighted by molar-refractivity contribution is -0.107. The molecule has 1 atom stereocenters. The molecular weight excluding hydrogens is 374 g/mol. The van der Waals surface area contributed by atoms with E-state index in [0.29, 0.717) is 18.5 Å². The number of rotatable bonds is 6. The number of unbranched alkanes of at least 4 members (excludes halogenated alkanes) is 2. The van der Waals surface area contributed by atoms with Gasteiger partial charge in [-0.05, 0) is 37.6 Å². The van der Waals surface area contributed by atoms with Gasteiger partial charge in [-0.3, -0.25) is 14.5 Å². The van der Waals surface area contributed by atoms with Gasteiger partial charge in [-0.15, -0.1) is 0 Å². The number of aryl methyl sites for hydroxylation is 1. The second kappa shape index (κ2) is 8.10. The summed E-state index contributed by atoms with van der Waals surface area (Å²) in [5.74, 6) is -0.503. The standard InChI is InChI=1S/C22H23NO4S/c1-3-4-5-10-20-22(28(26,27)17-13-11-16(2)12-14-17)21(25)18-8-6-7-9-19(18)23(20)15-24/h6-15,22H,3-5H2,1-2H3/b20-10+. The summed E-state index contributed by atoms with van der Waals surface area (Å²) >= 11 is 0. The first kappa shape index (κ1) is 20.0. The lowest BCUT2D eigenvalue weighted by Gasteiger charge is -2.33. The third-order valence-electron chi connectivity index (χ3n) is 4.89. The average Bonchev–Trinajstić information content (AvgIpc) is 2.69. The Morgan fingerprint density at radius 2 is 1.75 bits per heavy atom. The van der Waals surface area contributed by atoms with E-state index in [1.54, 1.807) is 42.5 Å². The fourth-order valence-electron chi connectivity index (χ4n) is 3.37. The highest BCUT2D eigenvalue weighted by Gasteiger charge is 2.44. The molecule has 1 amide bonds. The Labute approximate surface area is 165 Å². The number of carbonyl (C=O) groups excluding carboxylic acids is 2. The third kappa shape index (κ3) is 3.52. The summed E-state index contributed by atoms with van der Waals surface area (Å²) in [7, 11) is -4.02.